The molecule has 35 heavy (non-hydrogen) atoms. The van der Waals surface area contributed by atoms with Gasteiger partial charge in [-0.25, -0.2) is 4.79 Å². The Hall–Kier alpha value is -3.53. The molecular formula is C25H16BrClN2O5S. The van der Waals surface area contributed by atoms with E-state index >= 15 is 0 Å². The molecule has 7 nitrogen and oxygen atoms in total. The zero-order chi connectivity index (χ0) is 25.1. The summed E-state index contributed by atoms with van der Waals surface area (Å²) in [5, 5.41) is 12.0. The van der Waals surface area contributed by atoms with Crippen LogP contribution in [0.3, 0.4) is 0 Å². The van der Waals surface area contributed by atoms with Crippen molar-refractivity contribution in [2.24, 2.45) is 0 Å². The molecule has 1 saturated heterocycles. The number of aromatic carboxylic acids is 1. The van der Waals surface area contributed by atoms with Crippen LogP contribution >= 0.6 is 39.7 Å². The monoisotopic (exact) mass is 570 g/mol. The minimum Gasteiger partial charge on any atom is -0.488 e. The molecule has 1 aliphatic rings. The summed E-state index contributed by atoms with van der Waals surface area (Å²) in [6, 6.07) is 18.0. The third kappa shape index (κ3) is 5.59. The summed E-state index contributed by atoms with van der Waals surface area (Å²) in [6.45, 7) is 0.229. The van der Waals surface area contributed by atoms with E-state index in [4.69, 9.17) is 33.7 Å². The lowest BCUT2D eigenvalue weighted by Gasteiger charge is -2.29. The summed E-state index contributed by atoms with van der Waals surface area (Å²) in [4.78, 5) is 37.8. The van der Waals surface area contributed by atoms with E-state index in [2.05, 4.69) is 21.2 Å². The molecule has 0 saturated carbocycles. The van der Waals surface area contributed by atoms with Gasteiger partial charge in [0.25, 0.3) is 11.8 Å². The maximum atomic E-state index is 13.1. The first-order valence-electron chi connectivity index (χ1n) is 10.1. The third-order valence-corrected chi connectivity index (χ3v) is 6.20. The number of halogens is 2. The molecule has 176 valence electrons. The smallest absolute Gasteiger partial charge is 0.335 e. The standard InChI is InChI=1S/C25H16BrClN2O5S/c26-20-12-15(3-10-21(20)34-13-14-1-4-16(5-2-14)24(32)33)11-19-22(30)28-25(35)29(23(19)31)18-8-6-17(27)7-9-18/h1-12H,13H2,(H,32,33)(H,28,30,35). The predicted molar refractivity (Wildman–Crippen MR) is 140 cm³/mol. The second-order valence-electron chi connectivity index (χ2n) is 7.41. The van der Waals surface area contributed by atoms with Gasteiger partial charge in [0.05, 0.1) is 15.7 Å². The number of carboxylic acid groups (broad SMARTS) is 1. The summed E-state index contributed by atoms with van der Waals surface area (Å²) in [5.74, 6) is -1.60. The summed E-state index contributed by atoms with van der Waals surface area (Å²) in [7, 11) is 0. The Balaban J connectivity index is 1.52. The van der Waals surface area contributed by atoms with Crippen LogP contribution < -0.4 is 15.0 Å². The summed E-state index contributed by atoms with van der Waals surface area (Å²) >= 11 is 14.6. The van der Waals surface area contributed by atoms with Crippen molar-refractivity contribution >= 4 is 74.4 Å². The van der Waals surface area contributed by atoms with E-state index in [0.717, 1.165) is 5.56 Å². The van der Waals surface area contributed by atoms with Gasteiger partial charge in [-0.15, -0.1) is 0 Å². The normalized spacial score (nSPS) is 14.7. The first-order chi connectivity index (χ1) is 16.7. The molecule has 4 rings (SSSR count). The van der Waals surface area contributed by atoms with Gasteiger partial charge in [0.1, 0.15) is 17.9 Å². The lowest BCUT2D eigenvalue weighted by atomic mass is 10.1. The maximum Gasteiger partial charge on any atom is 0.335 e. The first kappa shape index (κ1) is 24.6. The number of rotatable bonds is 6. The molecule has 3 aromatic rings. The number of hydrogen-bond donors (Lipinski definition) is 2. The van der Waals surface area contributed by atoms with Gasteiger partial charge in [-0.05, 0) is 93.9 Å². The van der Waals surface area contributed by atoms with Crippen LogP contribution in [0.4, 0.5) is 5.69 Å². The molecule has 0 aliphatic carbocycles. The van der Waals surface area contributed by atoms with Gasteiger partial charge in [0.2, 0.25) is 0 Å². The Morgan fingerprint density at radius 3 is 2.40 bits per heavy atom. The third-order valence-electron chi connectivity index (χ3n) is 5.05. The van der Waals surface area contributed by atoms with Crippen LogP contribution in [0.15, 0.2) is 76.8 Å². The van der Waals surface area contributed by atoms with Crippen molar-refractivity contribution in [2.45, 2.75) is 6.61 Å². The largest absolute Gasteiger partial charge is 0.488 e. The second-order valence-corrected chi connectivity index (χ2v) is 9.09. The van der Waals surface area contributed by atoms with E-state index in [0.29, 0.717) is 26.5 Å². The predicted octanol–water partition coefficient (Wildman–Crippen LogP) is 5.21. The Kier molecular flexibility index (Phi) is 7.30. The topological polar surface area (TPSA) is 95.9 Å². The molecule has 2 N–H and O–H groups in total. The summed E-state index contributed by atoms with van der Waals surface area (Å²) in [5.41, 5.74) is 2.00. The number of benzene rings is 3. The van der Waals surface area contributed by atoms with Crippen molar-refractivity contribution < 1.29 is 24.2 Å². The fourth-order valence-electron chi connectivity index (χ4n) is 3.28. The first-order valence-corrected chi connectivity index (χ1v) is 11.7. The van der Waals surface area contributed by atoms with E-state index in [1.165, 1.54) is 23.1 Å². The zero-order valence-electron chi connectivity index (χ0n) is 17.8. The number of thiocarbonyl (C=S) groups is 1. The van der Waals surface area contributed by atoms with Crippen LogP contribution in [0.1, 0.15) is 21.5 Å². The van der Waals surface area contributed by atoms with E-state index in [9.17, 15) is 14.4 Å². The van der Waals surface area contributed by atoms with Crippen molar-refractivity contribution in [2.75, 3.05) is 4.90 Å². The molecule has 0 unspecified atom stereocenters. The second kappa shape index (κ2) is 10.4. The summed E-state index contributed by atoms with van der Waals surface area (Å²) < 4.78 is 6.43. The van der Waals surface area contributed by atoms with Gasteiger partial charge in [0.15, 0.2) is 5.11 Å². The molecule has 1 heterocycles. The van der Waals surface area contributed by atoms with E-state index < -0.39 is 17.8 Å². The average molecular weight is 572 g/mol. The van der Waals surface area contributed by atoms with Crippen LogP contribution in [-0.4, -0.2) is 28.0 Å². The lowest BCUT2D eigenvalue weighted by Crippen LogP contribution is -2.54. The summed E-state index contributed by atoms with van der Waals surface area (Å²) in [6.07, 6.45) is 1.47. The fraction of sp³-hybridized carbons (Fsp3) is 0.0400. The molecule has 10 heteroatoms. The van der Waals surface area contributed by atoms with Crippen molar-refractivity contribution in [3.8, 4) is 5.75 Å². The van der Waals surface area contributed by atoms with Crippen LogP contribution in [0, 0.1) is 0 Å². The number of carbonyl (C=O) groups excluding carboxylic acids is 2. The molecule has 1 aliphatic heterocycles. The number of ether oxygens (including phenoxy) is 1. The number of carbonyl (C=O) groups is 3. The van der Waals surface area contributed by atoms with E-state index in [1.54, 1.807) is 54.6 Å². The van der Waals surface area contributed by atoms with Crippen LogP contribution in [0.25, 0.3) is 6.08 Å². The number of carboxylic acids is 1. The molecule has 0 radical (unpaired) electrons. The molecule has 2 amide bonds. The number of hydrogen-bond acceptors (Lipinski definition) is 5. The molecule has 1 fully saturated rings. The highest BCUT2D eigenvalue weighted by atomic mass is 79.9. The molecule has 0 bridgehead atoms. The van der Waals surface area contributed by atoms with Gasteiger partial charge >= 0.3 is 5.97 Å². The van der Waals surface area contributed by atoms with Crippen LogP contribution in [-0.2, 0) is 16.2 Å². The van der Waals surface area contributed by atoms with Crippen molar-refractivity contribution in [1.82, 2.24) is 5.32 Å². The Bertz CT molecular complexity index is 1370. The van der Waals surface area contributed by atoms with E-state index in [-0.39, 0.29) is 22.9 Å². The van der Waals surface area contributed by atoms with Crippen molar-refractivity contribution in [3.05, 3.63) is 98.5 Å². The molecule has 3 aromatic carbocycles. The molecule has 0 spiro atoms. The minimum absolute atomic E-state index is 0.0132. The Morgan fingerprint density at radius 2 is 1.77 bits per heavy atom. The zero-order valence-corrected chi connectivity index (χ0v) is 21.0. The van der Waals surface area contributed by atoms with Gasteiger partial charge in [-0.1, -0.05) is 29.8 Å². The Labute approximate surface area is 219 Å². The van der Waals surface area contributed by atoms with Crippen molar-refractivity contribution in [1.29, 1.82) is 0 Å². The van der Waals surface area contributed by atoms with Crippen molar-refractivity contribution in [3.63, 3.8) is 0 Å². The molecule has 0 atom stereocenters. The number of nitrogens with zero attached hydrogens (tertiary/aromatic N) is 1. The quantitative estimate of drug-likeness (QED) is 0.240. The lowest BCUT2D eigenvalue weighted by molar-refractivity contribution is -0.122. The van der Waals surface area contributed by atoms with E-state index in [1.807, 2.05) is 0 Å². The minimum atomic E-state index is -0.992. The van der Waals surface area contributed by atoms with Crippen LogP contribution in [0.2, 0.25) is 5.02 Å². The maximum absolute atomic E-state index is 13.1. The number of anilines is 1. The van der Waals surface area contributed by atoms with Gasteiger partial charge in [-0.3, -0.25) is 19.8 Å². The molecule has 0 aromatic heterocycles. The fourth-order valence-corrected chi connectivity index (χ4v) is 4.20. The average Bonchev–Trinajstić information content (AvgIpc) is 2.82. The highest BCUT2D eigenvalue weighted by Gasteiger charge is 2.34. The van der Waals surface area contributed by atoms with Gasteiger partial charge in [0, 0.05) is 5.02 Å². The SMILES string of the molecule is O=C1NC(=S)N(c2ccc(Cl)cc2)C(=O)C1=Cc1ccc(OCc2ccc(C(=O)O)cc2)c(Br)c1. The van der Waals surface area contributed by atoms with Crippen LogP contribution in [0.5, 0.6) is 5.75 Å². The van der Waals surface area contributed by atoms with Gasteiger partial charge < -0.3 is 9.84 Å². The molecular weight excluding hydrogens is 556 g/mol. The Morgan fingerprint density at radius 1 is 1.09 bits per heavy atom. The highest BCUT2D eigenvalue weighted by Crippen LogP contribution is 2.29. The highest BCUT2D eigenvalue weighted by molar-refractivity contribution is 9.10. The number of nitrogens with one attached hydrogen (secondary N) is 1. The number of amides is 2. The van der Waals surface area contributed by atoms with Gasteiger partial charge in [-0.2, -0.15) is 0 Å².